The highest BCUT2D eigenvalue weighted by Crippen LogP contribution is 2.33. The fraction of sp³-hybridized carbons (Fsp3) is 0.556. The first kappa shape index (κ1) is 19.3. The minimum absolute atomic E-state index is 0.105. The zero-order valence-corrected chi connectivity index (χ0v) is 17.1. The van der Waals surface area contributed by atoms with Gasteiger partial charge < -0.3 is 9.64 Å². The van der Waals surface area contributed by atoms with E-state index in [4.69, 9.17) is 4.74 Å². The zero-order valence-electron chi connectivity index (χ0n) is 16.3. The van der Waals surface area contributed by atoms with Crippen LogP contribution in [-0.2, 0) is 15.1 Å². The van der Waals surface area contributed by atoms with E-state index in [-0.39, 0.29) is 17.5 Å². The second kappa shape index (κ2) is 7.30. The Hall–Kier alpha value is -2.42. The van der Waals surface area contributed by atoms with Gasteiger partial charge in [-0.05, 0) is 40.5 Å². The number of hydrogen-bond donors (Lipinski definition) is 1. The average molecular weight is 391 g/mol. The highest BCUT2D eigenvalue weighted by atomic mass is 32.1. The molecule has 2 aromatic heterocycles. The van der Waals surface area contributed by atoms with Gasteiger partial charge in [-0.25, -0.2) is 14.6 Å². The quantitative estimate of drug-likeness (QED) is 0.812. The van der Waals surface area contributed by atoms with Gasteiger partial charge in [0.15, 0.2) is 5.13 Å². The lowest BCUT2D eigenvalue weighted by atomic mass is 10.1. The van der Waals surface area contributed by atoms with Gasteiger partial charge in [0.05, 0.1) is 29.4 Å². The van der Waals surface area contributed by atoms with Crippen LogP contribution in [-0.4, -0.2) is 51.4 Å². The van der Waals surface area contributed by atoms with Gasteiger partial charge in [-0.3, -0.25) is 10.00 Å². The molecule has 0 radical (unpaired) electrons. The van der Waals surface area contributed by atoms with Crippen molar-refractivity contribution in [3.05, 3.63) is 18.1 Å². The van der Waals surface area contributed by atoms with E-state index in [1.807, 2.05) is 24.0 Å². The molecule has 0 saturated carbocycles. The maximum absolute atomic E-state index is 12.6. The van der Waals surface area contributed by atoms with Gasteiger partial charge >= 0.3 is 12.0 Å². The van der Waals surface area contributed by atoms with Crippen LogP contribution in [0.1, 0.15) is 39.3 Å². The minimum atomic E-state index is -0.527. The summed E-state index contributed by atoms with van der Waals surface area (Å²) in [5, 5.41) is 7.75. The molecule has 0 aliphatic carbocycles. The molecule has 146 valence electrons. The number of thiazole rings is 1. The van der Waals surface area contributed by atoms with Crippen LogP contribution >= 0.6 is 11.3 Å². The molecular formula is C18H25N5O3S. The number of rotatable bonds is 3. The Kier molecular flexibility index (Phi) is 5.23. The normalized spacial score (nSPS) is 17.2. The summed E-state index contributed by atoms with van der Waals surface area (Å²) < 4.78 is 6.70. The average Bonchev–Trinajstić information content (AvgIpc) is 3.32. The van der Waals surface area contributed by atoms with E-state index >= 15 is 0 Å². The van der Waals surface area contributed by atoms with Crippen LogP contribution < -0.4 is 5.32 Å². The van der Waals surface area contributed by atoms with Crippen LogP contribution in [0.25, 0.3) is 10.4 Å². The van der Waals surface area contributed by atoms with Crippen LogP contribution in [0, 0.1) is 6.92 Å². The van der Waals surface area contributed by atoms with Crippen molar-refractivity contribution in [1.29, 1.82) is 0 Å². The number of hydrogen-bond acceptors (Lipinski definition) is 6. The Bertz CT molecular complexity index is 852. The molecule has 1 saturated heterocycles. The number of amides is 2. The number of aromatic nitrogens is 3. The number of carbonyl (C=O) groups is 2. The summed E-state index contributed by atoms with van der Waals surface area (Å²) >= 11 is 1.40. The molecule has 3 heterocycles. The van der Waals surface area contributed by atoms with Crippen molar-refractivity contribution >= 4 is 28.5 Å². The van der Waals surface area contributed by atoms with E-state index in [1.54, 1.807) is 0 Å². The van der Waals surface area contributed by atoms with Gasteiger partial charge in [0, 0.05) is 18.3 Å². The SMILES string of the molecule is COC(=O)[C@@H]1CCCN1C(=O)Nc1nc(C)c(-c2cnn(C(C)(C)C)c2)s1. The van der Waals surface area contributed by atoms with Crippen molar-refractivity contribution in [1.82, 2.24) is 19.7 Å². The standard InChI is InChI=1S/C18H25N5O3S/c1-11-14(12-9-19-23(10-12)18(2,3)4)27-16(20-11)21-17(25)22-8-6-7-13(22)15(24)26-5/h9-10,13H,6-8H2,1-5H3,(H,20,21,25)/t13-/m0/s1. The summed E-state index contributed by atoms with van der Waals surface area (Å²) in [6, 6.07) is -0.853. The predicted octanol–water partition coefficient (Wildman–Crippen LogP) is 3.24. The number of ether oxygens (including phenoxy) is 1. The summed E-state index contributed by atoms with van der Waals surface area (Å²) in [6.07, 6.45) is 5.19. The lowest BCUT2D eigenvalue weighted by Gasteiger charge is -2.22. The molecule has 2 aromatic rings. The Morgan fingerprint density at radius 2 is 2.11 bits per heavy atom. The molecule has 2 amide bonds. The summed E-state index contributed by atoms with van der Waals surface area (Å²) in [7, 11) is 1.34. The van der Waals surface area contributed by atoms with Gasteiger partial charge in [0.25, 0.3) is 0 Å². The first-order chi connectivity index (χ1) is 12.7. The largest absolute Gasteiger partial charge is 0.467 e. The summed E-state index contributed by atoms with van der Waals surface area (Å²) in [5.41, 5.74) is 1.69. The number of aryl methyl sites for hydroxylation is 1. The molecule has 1 aliphatic heterocycles. The maximum atomic E-state index is 12.6. The van der Waals surface area contributed by atoms with Gasteiger partial charge in [0.2, 0.25) is 0 Å². The van der Waals surface area contributed by atoms with Gasteiger partial charge in [-0.15, -0.1) is 0 Å². The molecule has 27 heavy (non-hydrogen) atoms. The van der Waals surface area contributed by atoms with Crippen molar-refractivity contribution in [2.45, 2.75) is 52.1 Å². The summed E-state index contributed by atoms with van der Waals surface area (Å²) in [6.45, 7) is 8.69. The molecule has 0 spiro atoms. The smallest absolute Gasteiger partial charge is 0.328 e. The number of likely N-dealkylation sites (tertiary alicyclic amines) is 1. The third kappa shape index (κ3) is 3.97. The lowest BCUT2D eigenvalue weighted by molar-refractivity contribution is -0.144. The van der Waals surface area contributed by atoms with E-state index < -0.39 is 6.04 Å². The van der Waals surface area contributed by atoms with Crippen molar-refractivity contribution < 1.29 is 14.3 Å². The van der Waals surface area contributed by atoms with Gasteiger partial charge in [-0.2, -0.15) is 5.10 Å². The number of urea groups is 1. The molecule has 1 aliphatic rings. The first-order valence-corrected chi connectivity index (χ1v) is 9.70. The number of nitrogens with zero attached hydrogens (tertiary/aromatic N) is 4. The molecule has 0 bridgehead atoms. The van der Waals surface area contributed by atoms with Gasteiger partial charge in [-0.1, -0.05) is 11.3 Å². The van der Waals surface area contributed by atoms with Crippen molar-refractivity contribution in [2.24, 2.45) is 0 Å². The summed E-state index contributed by atoms with van der Waals surface area (Å²) in [5.74, 6) is -0.381. The molecule has 8 nitrogen and oxygen atoms in total. The third-order valence-electron chi connectivity index (χ3n) is 4.53. The molecule has 1 atom stereocenters. The maximum Gasteiger partial charge on any atom is 0.328 e. The zero-order chi connectivity index (χ0) is 19.8. The lowest BCUT2D eigenvalue weighted by Crippen LogP contribution is -2.43. The van der Waals surface area contributed by atoms with E-state index in [9.17, 15) is 9.59 Å². The highest BCUT2D eigenvalue weighted by molar-refractivity contribution is 7.19. The second-order valence-corrected chi connectivity index (χ2v) is 8.58. The number of carbonyl (C=O) groups excluding carboxylic acids is 2. The minimum Gasteiger partial charge on any atom is -0.467 e. The Morgan fingerprint density at radius 3 is 2.74 bits per heavy atom. The summed E-state index contributed by atoms with van der Waals surface area (Å²) in [4.78, 5) is 31.4. The second-order valence-electron chi connectivity index (χ2n) is 7.58. The molecule has 1 N–H and O–H groups in total. The number of methoxy groups -OCH3 is 1. The van der Waals surface area contributed by atoms with Crippen LogP contribution in [0.4, 0.5) is 9.93 Å². The third-order valence-corrected chi connectivity index (χ3v) is 5.65. The van der Waals surface area contributed by atoms with E-state index in [0.29, 0.717) is 18.1 Å². The molecule has 3 rings (SSSR count). The Morgan fingerprint density at radius 1 is 1.37 bits per heavy atom. The van der Waals surface area contributed by atoms with Crippen molar-refractivity contribution in [2.75, 3.05) is 19.0 Å². The monoisotopic (exact) mass is 391 g/mol. The molecule has 9 heteroatoms. The van der Waals surface area contributed by atoms with E-state index in [2.05, 4.69) is 36.2 Å². The van der Waals surface area contributed by atoms with Crippen LogP contribution in [0.5, 0.6) is 0 Å². The predicted molar refractivity (Wildman–Crippen MR) is 104 cm³/mol. The number of anilines is 1. The Balaban J connectivity index is 1.76. The fourth-order valence-electron chi connectivity index (χ4n) is 3.08. The molecule has 1 fully saturated rings. The first-order valence-electron chi connectivity index (χ1n) is 8.89. The number of nitrogens with one attached hydrogen (secondary N) is 1. The van der Waals surface area contributed by atoms with E-state index in [1.165, 1.54) is 23.3 Å². The van der Waals surface area contributed by atoms with Gasteiger partial charge in [0.1, 0.15) is 6.04 Å². The highest BCUT2D eigenvalue weighted by Gasteiger charge is 2.35. The van der Waals surface area contributed by atoms with Crippen molar-refractivity contribution in [3.8, 4) is 10.4 Å². The van der Waals surface area contributed by atoms with Crippen LogP contribution in [0.15, 0.2) is 12.4 Å². The van der Waals surface area contributed by atoms with Crippen LogP contribution in [0.3, 0.4) is 0 Å². The number of esters is 1. The Labute approximate surface area is 162 Å². The fourth-order valence-corrected chi connectivity index (χ4v) is 4.01. The molecule has 0 unspecified atom stereocenters. The molecule has 0 aromatic carbocycles. The molecular weight excluding hydrogens is 366 g/mol. The van der Waals surface area contributed by atoms with Crippen molar-refractivity contribution in [3.63, 3.8) is 0 Å². The van der Waals surface area contributed by atoms with E-state index in [0.717, 1.165) is 22.6 Å². The van der Waals surface area contributed by atoms with Crippen LogP contribution in [0.2, 0.25) is 0 Å². The topological polar surface area (TPSA) is 89.3 Å².